The minimum Gasteiger partial charge on any atom is -0.366 e. The van der Waals surface area contributed by atoms with E-state index in [1.165, 1.54) is 0 Å². The van der Waals surface area contributed by atoms with Crippen LogP contribution in [0.5, 0.6) is 0 Å². The molecule has 2 aromatic carbocycles. The molecule has 8 heteroatoms. The van der Waals surface area contributed by atoms with Crippen molar-refractivity contribution in [1.82, 2.24) is 0 Å². The summed E-state index contributed by atoms with van der Waals surface area (Å²) in [6.45, 7) is 0. The third-order valence-electron chi connectivity index (χ3n) is 3.16. The molecule has 0 aliphatic carbocycles. The molecule has 0 saturated carbocycles. The van der Waals surface area contributed by atoms with E-state index in [9.17, 15) is 26.3 Å². The lowest BCUT2D eigenvalue weighted by molar-refractivity contribution is -0.143. The standard InChI is InChI=1S/C16H10F6N2/c17-15(18,19)11-6-12(16(20,21)22)8-13(7-11)24-14(9-23)10-4-2-1-3-5-10/h1-8,14,24H. The summed E-state index contributed by atoms with van der Waals surface area (Å²) < 4.78 is 76.9. The van der Waals surface area contributed by atoms with Crippen molar-refractivity contribution in [2.75, 3.05) is 5.32 Å². The van der Waals surface area contributed by atoms with Gasteiger partial charge in [-0.05, 0) is 23.8 Å². The number of benzene rings is 2. The Morgan fingerprint density at radius 2 is 1.33 bits per heavy atom. The zero-order valence-electron chi connectivity index (χ0n) is 11.9. The average Bonchev–Trinajstić information content (AvgIpc) is 2.51. The number of hydrogen-bond donors (Lipinski definition) is 1. The van der Waals surface area contributed by atoms with Crippen LogP contribution in [-0.4, -0.2) is 0 Å². The summed E-state index contributed by atoms with van der Waals surface area (Å²) in [7, 11) is 0. The first-order valence-corrected chi connectivity index (χ1v) is 6.62. The maximum Gasteiger partial charge on any atom is 0.416 e. The lowest BCUT2D eigenvalue weighted by Gasteiger charge is -2.17. The van der Waals surface area contributed by atoms with Gasteiger partial charge in [0.05, 0.1) is 17.2 Å². The normalized spacial score (nSPS) is 13.2. The first-order valence-electron chi connectivity index (χ1n) is 6.62. The van der Waals surface area contributed by atoms with Crippen molar-refractivity contribution in [3.63, 3.8) is 0 Å². The molecule has 2 rings (SSSR count). The van der Waals surface area contributed by atoms with E-state index < -0.39 is 35.2 Å². The summed E-state index contributed by atoms with van der Waals surface area (Å²) in [5.74, 6) is 0. The van der Waals surface area contributed by atoms with Crippen LogP contribution in [-0.2, 0) is 12.4 Å². The number of nitrogens with zero attached hydrogens (tertiary/aromatic N) is 1. The van der Waals surface area contributed by atoms with Gasteiger partial charge >= 0.3 is 12.4 Å². The van der Waals surface area contributed by atoms with Crippen LogP contribution in [0.25, 0.3) is 0 Å². The zero-order valence-corrected chi connectivity index (χ0v) is 11.9. The smallest absolute Gasteiger partial charge is 0.366 e. The SMILES string of the molecule is N#CC(Nc1cc(C(F)(F)F)cc(C(F)(F)F)c1)c1ccccc1. The molecule has 0 aliphatic rings. The Bertz CT molecular complexity index is 712. The van der Waals surface area contributed by atoms with Gasteiger partial charge in [0, 0.05) is 5.69 Å². The molecule has 2 nitrogen and oxygen atoms in total. The molecule has 126 valence electrons. The van der Waals surface area contributed by atoms with Crippen molar-refractivity contribution in [3.8, 4) is 6.07 Å². The molecule has 24 heavy (non-hydrogen) atoms. The quantitative estimate of drug-likeness (QED) is 0.757. The fourth-order valence-electron chi connectivity index (χ4n) is 2.04. The highest BCUT2D eigenvalue weighted by molar-refractivity contribution is 5.53. The molecule has 1 N–H and O–H groups in total. The Hall–Kier alpha value is -2.69. The summed E-state index contributed by atoms with van der Waals surface area (Å²) in [4.78, 5) is 0. The van der Waals surface area contributed by atoms with E-state index >= 15 is 0 Å². The largest absolute Gasteiger partial charge is 0.416 e. The summed E-state index contributed by atoms with van der Waals surface area (Å²) >= 11 is 0. The van der Waals surface area contributed by atoms with Crippen LogP contribution < -0.4 is 5.32 Å². The summed E-state index contributed by atoms with van der Waals surface area (Å²) in [6.07, 6.45) is -9.88. The molecule has 0 aromatic heterocycles. The number of alkyl halides is 6. The molecule has 2 aromatic rings. The lowest BCUT2D eigenvalue weighted by Crippen LogP contribution is -2.14. The highest BCUT2D eigenvalue weighted by Crippen LogP contribution is 2.38. The van der Waals surface area contributed by atoms with E-state index in [1.54, 1.807) is 30.3 Å². The monoisotopic (exact) mass is 344 g/mol. The molecule has 0 amide bonds. The van der Waals surface area contributed by atoms with Gasteiger partial charge in [0.2, 0.25) is 0 Å². The third-order valence-corrected chi connectivity index (χ3v) is 3.16. The fraction of sp³-hybridized carbons (Fsp3) is 0.188. The van der Waals surface area contributed by atoms with E-state index in [1.807, 2.05) is 6.07 Å². The number of nitriles is 1. The summed E-state index contributed by atoms with van der Waals surface area (Å²) in [6, 6.07) is 9.81. The van der Waals surface area contributed by atoms with E-state index in [-0.39, 0.29) is 6.07 Å². The van der Waals surface area contributed by atoms with Crippen molar-refractivity contribution < 1.29 is 26.3 Å². The van der Waals surface area contributed by atoms with Crippen LogP contribution in [0.15, 0.2) is 48.5 Å². The van der Waals surface area contributed by atoms with Crippen LogP contribution in [0, 0.1) is 11.3 Å². The molecular formula is C16H10F6N2. The van der Waals surface area contributed by atoms with Crippen LogP contribution >= 0.6 is 0 Å². The minimum absolute atomic E-state index is 0.0368. The Balaban J connectivity index is 2.44. The van der Waals surface area contributed by atoms with Gasteiger partial charge in [0.1, 0.15) is 6.04 Å². The molecular weight excluding hydrogens is 334 g/mol. The number of rotatable bonds is 3. The second-order valence-electron chi connectivity index (χ2n) is 4.91. The average molecular weight is 344 g/mol. The van der Waals surface area contributed by atoms with Crippen LogP contribution in [0.2, 0.25) is 0 Å². The van der Waals surface area contributed by atoms with Gasteiger partial charge in [0.25, 0.3) is 0 Å². The van der Waals surface area contributed by atoms with Crippen LogP contribution in [0.4, 0.5) is 32.0 Å². The molecule has 0 aliphatic heterocycles. The molecule has 0 saturated heterocycles. The highest BCUT2D eigenvalue weighted by atomic mass is 19.4. The van der Waals surface area contributed by atoms with Crippen molar-refractivity contribution in [1.29, 1.82) is 5.26 Å². The molecule has 1 atom stereocenters. The Labute approximate surface area is 133 Å². The van der Waals surface area contributed by atoms with Crippen molar-refractivity contribution in [2.24, 2.45) is 0 Å². The number of hydrogen-bond acceptors (Lipinski definition) is 2. The predicted octanol–water partition coefficient (Wildman–Crippen LogP) is 5.40. The van der Waals surface area contributed by atoms with Crippen LogP contribution in [0.1, 0.15) is 22.7 Å². The zero-order chi connectivity index (χ0) is 18.0. The van der Waals surface area contributed by atoms with Crippen molar-refractivity contribution in [2.45, 2.75) is 18.4 Å². The van der Waals surface area contributed by atoms with Crippen molar-refractivity contribution in [3.05, 3.63) is 65.2 Å². The second-order valence-corrected chi connectivity index (χ2v) is 4.91. The molecule has 0 bridgehead atoms. The first-order chi connectivity index (χ1) is 11.1. The Morgan fingerprint density at radius 3 is 1.75 bits per heavy atom. The highest BCUT2D eigenvalue weighted by Gasteiger charge is 2.37. The predicted molar refractivity (Wildman–Crippen MR) is 74.9 cm³/mol. The van der Waals surface area contributed by atoms with Gasteiger partial charge in [-0.1, -0.05) is 30.3 Å². The third kappa shape index (κ3) is 4.19. The second kappa shape index (κ2) is 6.43. The summed E-state index contributed by atoms with van der Waals surface area (Å²) in [5.41, 5.74) is -2.90. The molecule has 0 fully saturated rings. The van der Waals surface area contributed by atoms with E-state index in [0.29, 0.717) is 17.7 Å². The topological polar surface area (TPSA) is 35.8 Å². The van der Waals surface area contributed by atoms with Gasteiger partial charge in [0.15, 0.2) is 0 Å². The van der Waals surface area contributed by atoms with E-state index in [4.69, 9.17) is 5.26 Å². The first kappa shape index (κ1) is 17.7. The van der Waals surface area contributed by atoms with Crippen LogP contribution in [0.3, 0.4) is 0 Å². The number of nitrogens with one attached hydrogen (secondary N) is 1. The van der Waals surface area contributed by atoms with E-state index in [0.717, 1.165) is 0 Å². The minimum atomic E-state index is -4.94. The van der Waals surface area contributed by atoms with Crippen molar-refractivity contribution >= 4 is 5.69 Å². The molecule has 0 spiro atoms. The fourth-order valence-corrected chi connectivity index (χ4v) is 2.04. The van der Waals surface area contributed by atoms with Gasteiger partial charge in [-0.15, -0.1) is 0 Å². The molecule has 1 unspecified atom stereocenters. The molecule has 0 heterocycles. The summed E-state index contributed by atoms with van der Waals surface area (Å²) in [5, 5.41) is 11.6. The van der Waals surface area contributed by atoms with E-state index in [2.05, 4.69) is 5.32 Å². The maximum absolute atomic E-state index is 12.8. The van der Waals surface area contributed by atoms with Gasteiger partial charge < -0.3 is 5.32 Å². The maximum atomic E-state index is 12.8. The lowest BCUT2D eigenvalue weighted by atomic mass is 10.1. The number of anilines is 1. The van der Waals surface area contributed by atoms with Gasteiger partial charge in [-0.25, -0.2) is 0 Å². The van der Waals surface area contributed by atoms with Gasteiger partial charge in [-0.2, -0.15) is 31.6 Å². The number of halogens is 6. The Morgan fingerprint density at radius 1 is 0.833 bits per heavy atom. The van der Waals surface area contributed by atoms with Gasteiger partial charge in [-0.3, -0.25) is 0 Å². The molecule has 0 radical (unpaired) electrons. The Kier molecular flexibility index (Phi) is 4.73.